The van der Waals surface area contributed by atoms with Crippen molar-refractivity contribution in [2.24, 2.45) is 0 Å². The fourth-order valence-electron chi connectivity index (χ4n) is 2.10. The molecule has 0 saturated heterocycles. The van der Waals surface area contributed by atoms with Gasteiger partial charge in [-0.1, -0.05) is 17.7 Å². The number of halogens is 1. The van der Waals surface area contributed by atoms with E-state index in [9.17, 15) is 13.2 Å². The first-order valence-electron chi connectivity index (χ1n) is 7.06. The summed E-state index contributed by atoms with van der Waals surface area (Å²) in [7, 11) is -3.76. The average molecular weight is 378 g/mol. The molecule has 0 saturated carbocycles. The van der Waals surface area contributed by atoms with E-state index in [-0.39, 0.29) is 4.90 Å². The Labute approximate surface area is 148 Å². The topological polar surface area (TPSA) is 107 Å². The quantitative estimate of drug-likeness (QED) is 0.725. The maximum absolute atomic E-state index is 12.3. The number of nitrogens with one attached hydrogen (secondary N) is 1. The van der Waals surface area contributed by atoms with Crippen LogP contribution in [0.15, 0.2) is 59.8 Å². The van der Waals surface area contributed by atoms with Crippen molar-refractivity contribution >= 4 is 33.0 Å². The van der Waals surface area contributed by atoms with Gasteiger partial charge in [0.1, 0.15) is 12.1 Å². The molecule has 0 unspecified atom stereocenters. The molecule has 8 nitrogen and oxygen atoms in total. The number of anilines is 1. The van der Waals surface area contributed by atoms with Crippen LogP contribution in [0, 0.1) is 0 Å². The van der Waals surface area contributed by atoms with Gasteiger partial charge in [-0.15, -0.1) is 5.10 Å². The Morgan fingerprint density at radius 2 is 1.92 bits per heavy atom. The number of hydrogen-bond acceptors (Lipinski definition) is 6. The number of carbonyl (C=O) groups is 1. The summed E-state index contributed by atoms with van der Waals surface area (Å²) < 4.78 is 25.9. The third-order valence-corrected chi connectivity index (χ3v) is 5.12. The lowest BCUT2D eigenvalue weighted by atomic mass is 10.3. The Hall–Kier alpha value is -2.78. The molecule has 1 aromatic heterocycles. The number of hydrogen-bond donors (Lipinski definition) is 1. The monoisotopic (exact) mass is 377 g/mol. The summed E-state index contributed by atoms with van der Waals surface area (Å²) in [5.41, 5.74) is 1.06. The van der Waals surface area contributed by atoms with Gasteiger partial charge >= 0.3 is 0 Å². The highest BCUT2D eigenvalue weighted by atomic mass is 35.5. The van der Waals surface area contributed by atoms with Crippen LogP contribution < -0.4 is 5.32 Å². The van der Waals surface area contributed by atoms with Crippen LogP contribution >= 0.6 is 11.6 Å². The van der Waals surface area contributed by atoms with Gasteiger partial charge in [0, 0.05) is 10.7 Å². The van der Waals surface area contributed by atoms with Crippen LogP contribution in [-0.4, -0.2) is 40.3 Å². The predicted molar refractivity (Wildman–Crippen MR) is 91.3 cm³/mol. The van der Waals surface area contributed by atoms with E-state index in [1.807, 2.05) is 0 Å². The molecule has 25 heavy (non-hydrogen) atoms. The second-order valence-corrected chi connectivity index (χ2v) is 7.49. The van der Waals surface area contributed by atoms with Crippen molar-refractivity contribution in [2.45, 2.75) is 4.90 Å². The smallest absolute Gasteiger partial charge is 0.239 e. The van der Waals surface area contributed by atoms with E-state index in [4.69, 9.17) is 11.6 Å². The molecule has 128 valence electrons. The number of nitrogens with zero attached hydrogens (tertiary/aromatic N) is 4. The molecule has 3 rings (SSSR count). The van der Waals surface area contributed by atoms with Crippen molar-refractivity contribution in [2.75, 3.05) is 11.1 Å². The molecule has 1 heterocycles. The first-order chi connectivity index (χ1) is 11.9. The van der Waals surface area contributed by atoms with Crippen LogP contribution in [0.5, 0.6) is 0 Å². The first kappa shape index (κ1) is 17.1. The van der Waals surface area contributed by atoms with E-state index in [2.05, 4.69) is 20.8 Å². The highest BCUT2D eigenvalue weighted by Gasteiger charge is 2.19. The van der Waals surface area contributed by atoms with Crippen molar-refractivity contribution in [3.63, 3.8) is 0 Å². The second-order valence-electron chi connectivity index (χ2n) is 5.07. The molecule has 2 aromatic carbocycles. The van der Waals surface area contributed by atoms with Crippen molar-refractivity contribution < 1.29 is 13.2 Å². The summed E-state index contributed by atoms with van der Waals surface area (Å²) in [5, 5.41) is 13.8. The Bertz CT molecular complexity index is 988. The highest BCUT2D eigenvalue weighted by molar-refractivity contribution is 7.92. The average Bonchev–Trinajstić information content (AvgIpc) is 3.09. The molecule has 1 amide bonds. The number of benzene rings is 2. The highest BCUT2D eigenvalue weighted by Crippen LogP contribution is 2.17. The van der Waals surface area contributed by atoms with E-state index in [0.29, 0.717) is 16.4 Å². The first-order valence-corrected chi connectivity index (χ1v) is 9.09. The molecular weight excluding hydrogens is 366 g/mol. The molecule has 1 N–H and O–H groups in total. The van der Waals surface area contributed by atoms with Crippen LogP contribution in [0.4, 0.5) is 5.69 Å². The number of aromatic nitrogens is 4. The van der Waals surface area contributed by atoms with Gasteiger partial charge < -0.3 is 5.32 Å². The molecule has 0 radical (unpaired) electrons. The van der Waals surface area contributed by atoms with Gasteiger partial charge in [0.2, 0.25) is 5.91 Å². The molecule has 10 heteroatoms. The Morgan fingerprint density at radius 1 is 1.16 bits per heavy atom. The molecule has 0 spiro atoms. The molecule has 0 fully saturated rings. The molecule has 0 aliphatic heterocycles. The third kappa shape index (κ3) is 4.20. The van der Waals surface area contributed by atoms with E-state index in [1.54, 1.807) is 24.3 Å². The summed E-state index contributed by atoms with van der Waals surface area (Å²) in [6.07, 6.45) is 1.41. The minimum Gasteiger partial charge on any atom is -0.325 e. The fraction of sp³-hybridized carbons (Fsp3) is 0.0667. The van der Waals surface area contributed by atoms with Gasteiger partial charge in [-0.2, -0.15) is 0 Å². The number of amides is 1. The van der Waals surface area contributed by atoms with Crippen LogP contribution in [0.25, 0.3) is 5.69 Å². The van der Waals surface area contributed by atoms with Crippen LogP contribution in [0.2, 0.25) is 5.02 Å². The zero-order valence-electron chi connectivity index (χ0n) is 12.7. The summed E-state index contributed by atoms with van der Waals surface area (Å²) in [4.78, 5) is 12.1. The Kier molecular flexibility index (Phi) is 4.77. The van der Waals surface area contributed by atoms with Crippen molar-refractivity contribution in [3.05, 3.63) is 59.9 Å². The van der Waals surface area contributed by atoms with Gasteiger partial charge in [-0.05, 0) is 52.9 Å². The minimum absolute atomic E-state index is 0.0366. The summed E-state index contributed by atoms with van der Waals surface area (Å²) in [6, 6.07) is 12.4. The van der Waals surface area contributed by atoms with Crippen molar-refractivity contribution in [3.8, 4) is 5.69 Å². The molecular formula is C15H12ClN5O3S. The van der Waals surface area contributed by atoms with Crippen LogP contribution in [0.1, 0.15) is 0 Å². The number of rotatable bonds is 5. The summed E-state index contributed by atoms with van der Waals surface area (Å²) in [5.74, 6) is -1.33. The van der Waals surface area contributed by atoms with E-state index >= 15 is 0 Å². The molecule has 0 atom stereocenters. The van der Waals surface area contributed by atoms with Gasteiger partial charge in [0.25, 0.3) is 0 Å². The molecule has 0 bridgehead atoms. The maximum atomic E-state index is 12.3. The van der Waals surface area contributed by atoms with Crippen LogP contribution in [0.3, 0.4) is 0 Å². The largest absolute Gasteiger partial charge is 0.325 e. The van der Waals surface area contributed by atoms with Crippen LogP contribution in [-0.2, 0) is 14.6 Å². The van der Waals surface area contributed by atoms with Crippen molar-refractivity contribution in [1.82, 2.24) is 20.2 Å². The molecule has 3 aromatic rings. The predicted octanol–water partition coefficient (Wildman–Crippen LogP) is 1.73. The summed E-state index contributed by atoms with van der Waals surface area (Å²) >= 11 is 5.74. The molecule has 0 aliphatic rings. The minimum atomic E-state index is -3.76. The van der Waals surface area contributed by atoms with E-state index in [0.717, 1.165) is 0 Å². The van der Waals surface area contributed by atoms with Crippen molar-refractivity contribution in [1.29, 1.82) is 0 Å². The standard InChI is InChI=1S/C15H12ClN5O3S/c16-11-4-6-14(7-5-11)25(23,24)9-15(22)18-12-2-1-3-13(8-12)21-10-17-19-20-21/h1-8,10H,9H2,(H,18,22). The fourth-order valence-corrected chi connectivity index (χ4v) is 3.36. The van der Waals surface area contributed by atoms with Gasteiger partial charge in [0.15, 0.2) is 9.84 Å². The SMILES string of the molecule is O=C(CS(=O)(=O)c1ccc(Cl)cc1)Nc1cccc(-n2cnnn2)c1. The zero-order valence-corrected chi connectivity index (χ0v) is 14.3. The van der Waals surface area contributed by atoms with Gasteiger partial charge in [-0.3, -0.25) is 4.79 Å². The van der Waals surface area contributed by atoms with Gasteiger partial charge in [0.05, 0.1) is 10.6 Å². The number of tetrazole rings is 1. The normalized spacial score (nSPS) is 11.2. The third-order valence-electron chi connectivity index (χ3n) is 3.24. The van der Waals surface area contributed by atoms with E-state index < -0.39 is 21.5 Å². The lowest BCUT2D eigenvalue weighted by Gasteiger charge is -2.08. The Morgan fingerprint density at radius 3 is 2.60 bits per heavy atom. The second kappa shape index (κ2) is 6.99. The maximum Gasteiger partial charge on any atom is 0.239 e. The molecule has 0 aliphatic carbocycles. The van der Waals surface area contributed by atoms with Gasteiger partial charge in [-0.25, -0.2) is 13.1 Å². The van der Waals surface area contributed by atoms with E-state index in [1.165, 1.54) is 35.3 Å². The summed E-state index contributed by atoms with van der Waals surface area (Å²) in [6.45, 7) is 0. The number of sulfone groups is 1. The lowest BCUT2D eigenvalue weighted by Crippen LogP contribution is -2.23. The Balaban J connectivity index is 1.72. The lowest BCUT2D eigenvalue weighted by molar-refractivity contribution is -0.113. The number of carbonyl (C=O) groups excluding carboxylic acids is 1. The zero-order chi connectivity index (χ0) is 17.9.